The van der Waals surface area contributed by atoms with Crippen LogP contribution in [0, 0.1) is 20.8 Å². The van der Waals surface area contributed by atoms with E-state index < -0.39 is 15.9 Å². The molecule has 3 rings (SSSR count). The molecule has 1 amide bonds. The van der Waals surface area contributed by atoms with Crippen LogP contribution in [0.3, 0.4) is 0 Å². The fourth-order valence-electron chi connectivity index (χ4n) is 3.08. The van der Waals surface area contributed by atoms with Crippen molar-refractivity contribution in [3.05, 3.63) is 86.9 Å². The molecule has 0 bridgehead atoms. The summed E-state index contributed by atoms with van der Waals surface area (Å²) < 4.78 is 34.0. The molecule has 9 heteroatoms. The Kier molecular flexibility index (Phi) is 7.89. The van der Waals surface area contributed by atoms with Crippen LogP contribution >= 0.6 is 23.2 Å². The van der Waals surface area contributed by atoms with Crippen molar-refractivity contribution >= 4 is 44.8 Å². The molecule has 0 saturated carbocycles. The van der Waals surface area contributed by atoms with E-state index in [2.05, 4.69) is 10.0 Å². The minimum absolute atomic E-state index is 0.0170. The number of ether oxygens (including phenoxy) is 1. The number of hydrogen-bond donors (Lipinski definition) is 2. The molecule has 0 spiro atoms. The Morgan fingerprint density at radius 1 is 0.909 bits per heavy atom. The van der Waals surface area contributed by atoms with Gasteiger partial charge in [-0.25, -0.2) is 8.42 Å². The molecule has 0 aliphatic heterocycles. The maximum absolute atomic E-state index is 12.9. The first-order chi connectivity index (χ1) is 15.6. The predicted octanol–water partition coefficient (Wildman–Crippen LogP) is 5.53. The van der Waals surface area contributed by atoms with Gasteiger partial charge in [0, 0.05) is 10.6 Å². The SMILES string of the molecule is Cc1ccc(NS(=O)(=O)c2cc(C(=O)NCCOc3ccc(C)c(Cl)c3)ccc2Cl)c(C)c1. The van der Waals surface area contributed by atoms with Crippen molar-refractivity contribution in [2.45, 2.75) is 25.7 Å². The summed E-state index contributed by atoms with van der Waals surface area (Å²) in [7, 11) is -4.00. The molecule has 33 heavy (non-hydrogen) atoms. The average Bonchev–Trinajstić information content (AvgIpc) is 2.75. The summed E-state index contributed by atoms with van der Waals surface area (Å²) in [6.07, 6.45) is 0. The number of nitrogens with one attached hydrogen (secondary N) is 2. The number of carbonyl (C=O) groups excluding carboxylic acids is 1. The third-order valence-corrected chi connectivity index (χ3v) is 7.16. The quantitative estimate of drug-likeness (QED) is 0.393. The molecule has 0 radical (unpaired) electrons. The van der Waals surface area contributed by atoms with Crippen LogP contribution in [0.5, 0.6) is 5.75 Å². The van der Waals surface area contributed by atoms with Gasteiger partial charge in [0.05, 0.1) is 17.3 Å². The van der Waals surface area contributed by atoms with E-state index in [9.17, 15) is 13.2 Å². The zero-order valence-electron chi connectivity index (χ0n) is 18.4. The molecule has 0 saturated heterocycles. The van der Waals surface area contributed by atoms with Crippen LogP contribution < -0.4 is 14.8 Å². The molecular formula is C24H24Cl2N2O4S. The van der Waals surface area contributed by atoms with Crippen molar-refractivity contribution in [2.75, 3.05) is 17.9 Å². The first-order valence-electron chi connectivity index (χ1n) is 10.1. The number of anilines is 1. The van der Waals surface area contributed by atoms with Gasteiger partial charge < -0.3 is 10.1 Å². The molecule has 0 fully saturated rings. The van der Waals surface area contributed by atoms with E-state index >= 15 is 0 Å². The molecule has 3 aromatic carbocycles. The highest BCUT2D eigenvalue weighted by atomic mass is 35.5. The molecule has 0 aliphatic rings. The highest BCUT2D eigenvalue weighted by Gasteiger charge is 2.21. The van der Waals surface area contributed by atoms with Gasteiger partial charge in [-0.15, -0.1) is 0 Å². The third-order valence-electron chi connectivity index (χ3n) is 4.91. The summed E-state index contributed by atoms with van der Waals surface area (Å²) in [5.74, 6) is 0.150. The number of sulfonamides is 1. The van der Waals surface area contributed by atoms with Crippen LogP contribution in [-0.4, -0.2) is 27.5 Å². The van der Waals surface area contributed by atoms with E-state index in [0.29, 0.717) is 16.5 Å². The third kappa shape index (κ3) is 6.41. The number of hydrogen-bond acceptors (Lipinski definition) is 4. The minimum Gasteiger partial charge on any atom is -0.492 e. The van der Waals surface area contributed by atoms with Crippen molar-refractivity contribution in [1.29, 1.82) is 0 Å². The Balaban J connectivity index is 1.66. The van der Waals surface area contributed by atoms with Gasteiger partial charge >= 0.3 is 0 Å². The zero-order chi connectivity index (χ0) is 24.2. The Bertz CT molecular complexity index is 1290. The molecular weight excluding hydrogens is 483 g/mol. The van der Waals surface area contributed by atoms with E-state index in [4.69, 9.17) is 27.9 Å². The van der Waals surface area contributed by atoms with Gasteiger partial charge in [-0.1, -0.05) is 47.0 Å². The van der Waals surface area contributed by atoms with E-state index in [1.807, 2.05) is 39.0 Å². The Hall–Kier alpha value is -2.74. The Morgan fingerprint density at radius 2 is 1.67 bits per heavy atom. The number of benzene rings is 3. The lowest BCUT2D eigenvalue weighted by molar-refractivity contribution is 0.0947. The normalized spacial score (nSPS) is 11.2. The van der Waals surface area contributed by atoms with Crippen molar-refractivity contribution in [1.82, 2.24) is 5.32 Å². The van der Waals surface area contributed by atoms with Gasteiger partial charge in [-0.3, -0.25) is 9.52 Å². The first-order valence-corrected chi connectivity index (χ1v) is 12.4. The first kappa shape index (κ1) is 24.9. The molecule has 0 aromatic heterocycles. The predicted molar refractivity (Wildman–Crippen MR) is 132 cm³/mol. The molecule has 2 N–H and O–H groups in total. The molecule has 174 valence electrons. The number of halogens is 2. The average molecular weight is 507 g/mol. The van der Waals surface area contributed by atoms with Gasteiger partial charge in [0.2, 0.25) is 0 Å². The Morgan fingerprint density at radius 3 is 2.36 bits per heavy atom. The monoisotopic (exact) mass is 506 g/mol. The van der Waals surface area contributed by atoms with Crippen molar-refractivity contribution in [3.8, 4) is 5.75 Å². The lowest BCUT2D eigenvalue weighted by atomic mass is 10.1. The molecule has 0 atom stereocenters. The maximum atomic E-state index is 12.9. The van der Waals surface area contributed by atoms with Crippen LogP contribution in [-0.2, 0) is 10.0 Å². The largest absolute Gasteiger partial charge is 0.492 e. The van der Waals surface area contributed by atoms with Crippen molar-refractivity contribution in [3.63, 3.8) is 0 Å². The van der Waals surface area contributed by atoms with Gasteiger partial charge in [0.1, 0.15) is 17.3 Å². The number of amides is 1. The van der Waals surface area contributed by atoms with Gasteiger partial charge in [-0.05, 0) is 68.3 Å². The summed E-state index contributed by atoms with van der Waals surface area (Å²) in [5.41, 5.74) is 3.34. The summed E-state index contributed by atoms with van der Waals surface area (Å²) in [4.78, 5) is 12.4. The smallest absolute Gasteiger partial charge is 0.263 e. The zero-order valence-corrected chi connectivity index (χ0v) is 20.7. The molecule has 0 heterocycles. The number of carbonyl (C=O) groups is 1. The van der Waals surface area contributed by atoms with Gasteiger partial charge in [-0.2, -0.15) is 0 Å². The number of rotatable bonds is 8. The molecule has 0 aliphatic carbocycles. The molecule has 6 nitrogen and oxygen atoms in total. The van der Waals surface area contributed by atoms with Crippen molar-refractivity contribution < 1.29 is 17.9 Å². The summed E-state index contributed by atoms with van der Waals surface area (Å²) in [6, 6.07) is 14.8. The van der Waals surface area contributed by atoms with Crippen molar-refractivity contribution in [2.24, 2.45) is 0 Å². The van der Waals surface area contributed by atoms with Crippen LogP contribution in [0.2, 0.25) is 10.0 Å². The minimum atomic E-state index is -4.00. The standard InChI is InChI=1S/C24H24Cl2N2O4S/c1-15-4-9-22(17(3)12-15)28-33(30,31)23-13-18(6-8-20(23)25)24(29)27-10-11-32-19-7-5-16(2)21(26)14-19/h4-9,12-14,28H,10-11H2,1-3H3,(H,27,29). The van der Waals surface area contributed by atoms with Crippen LogP contribution in [0.1, 0.15) is 27.0 Å². The highest BCUT2D eigenvalue weighted by Crippen LogP contribution is 2.27. The van der Waals surface area contributed by atoms with Crippen LogP contribution in [0.15, 0.2) is 59.5 Å². The topological polar surface area (TPSA) is 84.5 Å². The van der Waals surface area contributed by atoms with E-state index in [1.54, 1.807) is 18.2 Å². The van der Waals surface area contributed by atoms with E-state index in [1.165, 1.54) is 18.2 Å². The van der Waals surface area contributed by atoms with Crippen LogP contribution in [0.4, 0.5) is 5.69 Å². The van der Waals surface area contributed by atoms with Crippen LogP contribution in [0.25, 0.3) is 0 Å². The van der Waals surface area contributed by atoms with Gasteiger partial charge in [0.25, 0.3) is 15.9 Å². The number of aryl methyl sites for hydroxylation is 3. The molecule has 0 unspecified atom stereocenters. The van der Waals surface area contributed by atoms with E-state index in [0.717, 1.165) is 16.7 Å². The summed E-state index contributed by atoms with van der Waals surface area (Å²) in [5, 5.41) is 3.32. The second kappa shape index (κ2) is 10.5. The molecule has 3 aromatic rings. The Labute approximate surface area is 203 Å². The summed E-state index contributed by atoms with van der Waals surface area (Å²) in [6.45, 7) is 6.06. The maximum Gasteiger partial charge on any atom is 0.263 e. The lowest BCUT2D eigenvalue weighted by Crippen LogP contribution is -2.28. The highest BCUT2D eigenvalue weighted by molar-refractivity contribution is 7.92. The second-order valence-electron chi connectivity index (χ2n) is 7.58. The van der Waals surface area contributed by atoms with E-state index in [-0.39, 0.29) is 28.6 Å². The fraction of sp³-hybridized carbons (Fsp3) is 0.208. The summed E-state index contributed by atoms with van der Waals surface area (Å²) >= 11 is 12.2. The second-order valence-corrected chi connectivity index (χ2v) is 10.0. The lowest BCUT2D eigenvalue weighted by Gasteiger charge is -2.13. The van der Waals surface area contributed by atoms with Gasteiger partial charge in [0.15, 0.2) is 0 Å². The fourth-order valence-corrected chi connectivity index (χ4v) is 4.91.